The number of aromatic nitrogens is 2. The molecule has 1 aromatic heterocycles. The van der Waals surface area contributed by atoms with Gasteiger partial charge in [0, 0.05) is 56.9 Å². The van der Waals surface area contributed by atoms with E-state index in [-0.39, 0.29) is 48.0 Å². The molecule has 0 aliphatic carbocycles. The molecular weight excluding hydrogens is 513 g/mol. The Balaban J connectivity index is 1.53. The summed E-state index contributed by atoms with van der Waals surface area (Å²) in [4.78, 5) is 16.6. The van der Waals surface area contributed by atoms with Crippen molar-refractivity contribution < 1.29 is 35.9 Å². The normalized spacial score (nSPS) is 22.2. The van der Waals surface area contributed by atoms with Crippen LogP contribution in [0.3, 0.4) is 0 Å². The summed E-state index contributed by atoms with van der Waals surface area (Å²) in [6.45, 7) is 1.79. The number of urea groups is 1. The number of ether oxygens (including phenoxy) is 2. The molecule has 0 saturated carbocycles. The van der Waals surface area contributed by atoms with Crippen LogP contribution in [-0.2, 0) is 21.0 Å². The predicted octanol–water partition coefficient (Wildman–Crippen LogP) is 2.96. The van der Waals surface area contributed by atoms with Crippen LogP contribution < -0.4 is 4.74 Å². The summed E-state index contributed by atoms with van der Waals surface area (Å²) in [5.74, 6) is 0.0199. The lowest BCUT2D eigenvalue weighted by Crippen LogP contribution is -2.53. The van der Waals surface area contributed by atoms with Crippen molar-refractivity contribution >= 4 is 15.9 Å². The van der Waals surface area contributed by atoms with E-state index >= 15 is 0 Å². The van der Waals surface area contributed by atoms with Crippen molar-refractivity contribution in [3.8, 4) is 5.88 Å². The third-order valence-corrected chi connectivity index (χ3v) is 8.35. The second-order valence-corrected chi connectivity index (χ2v) is 11.8. The van der Waals surface area contributed by atoms with E-state index in [1.54, 1.807) is 35.1 Å². The Hall–Kier alpha value is -2.80. The van der Waals surface area contributed by atoms with E-state index in [2.05, 4.69) is 10.2 Å². The first-order chi connectivity index (χ1) is 17.5. The average molecular weight is 545 g/mol. The van der Waals surface area contributed by atoms with Gasteiger partial charge in [0.1, 0.15) is 6.61 Å². The predicted molar refractivity (Wildman–Crippen MR) is 129 cm³/mol. The zero-order chi connectivity index (χ0) is 26.6. The van der Waals surface area contributed by atoms with Crippen LogP contribution in [0.2, 0.25) is 0 Å². The molecule has 2 aliphatic rings. The van der Waals surface area contributed by atoms with Crippen LogP contribution in [0.4, 0.5) is 18.0 Å². The minimum absolute atomic E-state index is 0.0666. The average Bonchev–Trinajstić information content (AvgIpc) is 3.32. The fourth-order valence-corrected chi connectivity index (χ4v) is 6.00. The molecule has 204 valence electrons. The number of nitrogens with zero attached hydrogens (tertiary/aromatic N) is 3. The number of carbonyl (C=O) groups excluding carboxylic acids is 1. The maximum atomic E-state index is 13.4. The summed E-state index contributed by atoms with van der Waals surface area (Å²) in [6, 6.07) is 7.88. The number of alkyl halides is 3. The van der Waals surface area contributed by atoms with Gasteiger partial charge in [-0.1, -0.05) is 24.3 Å². The van der Waals surface area contributed by atoms with E-state index in [1.807, 2.05) is 0 Å². The van der Waals surface area contributed by atoms with Gasteiger partial charge < -0.3 is 19.3 Å². The third-order valence-electron chi connectivity index (χ3n) is 6.74. The zero-order valence-corrected chi connectivity index (χ0v) is 21.4. The highest BCUT2D eigenvalue weighted by Gasteiger charge is 2.36. The quantitative estimate of drug-likeness (QED) is 0.538. The van der Waals surface area contributed by atoms with Crippen molar-refractivity contribution in [3.05, 3.63) is 47.2 Å². The number of hydrogen-bond acceptors (Lipinski definition) is 6. The molecule has 3 heterocycles. The molecule has 1 aromatic carbocycles. The van der Waals surface area contributed by atoms with E-state index in [1.165, 1.54) is 12.1 Å². The van der Waals surface area contributed by atoms with Crippen molar-refractivity contribution in [3.63, 3.8) is 0 Å². The molecular formula is C24H31F3N4O5S. The molecule has 9 nitrogen and oxygen atoms in total. The maximum Gasteiger partial charge on any atom is 0.393 e. The van der Waals surface area contributed by atoms with Gasteiger partial charge in [0.25, 0.3) is 0 Å². The summed E-state index contributed by atoms with van der Waals surface area (Å²) in [5, 5.41) is 7.18. The lowest BCUT2D eigenvalue weighted by Gasteiger charge is -2.40. The minimum Gasteiger partial charge on any atom is -0.474 e. The SMILES string of the molecule is COCCOc1cc(C2CC(c3ccc(CC(F)(F)F)cc3)CN(C(=O)N3CCS(=O)(=O)CC3)C2)[nH]n1. The highest BCUT2D eigenvalue weighted by molar-refractivity contribution is 7.91. The number of nitrogens with one attached hydrogen (secondary N) is 1. The molecule has 2 aromatic rings. The van der Waals surface area contributed by atoms with E-state index in [9.17, 15) is 26.4 Å². The molecule has 37 heavy (non-hydrogen) atoms. The van der Waals surface area contributed by atoms with Gasteiger partial charge in [-0.25, -0.2) is 13.2 Å². The number of aromatic amines is 1. The highest BCUT2D eigenvalue weighted by Crippen LogP contribution is 2.37. The lowest BCUT2D eigenvalue weighted by molar-refractivity contribution is -0.127. The van der Waals surface area contributed by atoms with Gasteiger partial charge in [0.15, 0.2) is 9.84 Å². The fraction of sp³-hybridized carbons (Fsp3) is 0.583. The molecule has 2 amide bonds. The summed E-state index contributed by atoms with van der Waals surface area (Å²) in [5.41, 5.74) is 1.80. The van der Waals surface area contributed by atoms with Crippen LogP contribution in [0, 0.1) is 0 Å². The number of sulfone groups is 1. The van der Waals surface area contributed by atoms with Gasteiger partial charge in [0.2, 0.25) is 5.88 Å². The van der Waals surface area contributed by atoms with Crippen LogP contribution in [0.1, 0.15) is 35.1 Å². The van der Waals surface area contributed by atoms with Gasteiger partial charge in [-0.05, 0) is 17.5 Å². The number of carbonyl (C=O) groups is 1. The number of likely N-dealkylation sites (tertiary alicyclic amines) is 1. The van der Waals surface area contributed by atoms with Crippen molar-refractivity contribution in [2.24, 2.45) is 0 Å². The molecule has 2 fully saturated rings. The fourth-order valence-electron chi connectivity index (χ4n) is 4.79. The lowest BCUT2D eigenvalue weighted by atomic mass is 9.83. The summed E-state index contributed by atoms with van der Waals surface area (Å²) >= 11 is 0. The van der Waals surface area contributed by atoms with Crippen molar-refractivity contribution in [1.29, 1.82) is 0 Å². The Bertz CT molecular complexity index is 1160. The highest BCUT2D eigenvalue weighted by atomic mass is 32.2. The first-order valence-corrected chi connectivity index (χ1v) is 13.9. The molecule has 4 rings (SSSR count). The smallest absolute Gasteiger partial charge is 0.393 e. The van der Waals surface area contributed by atoms with Crippen LogP contribution in [0.15, 0.2) is 30.3 Å². The van der Waals surface area contributed by atoms with Gasteiger partial charge in [-0.2, -0.15) is 13.2 Å². The molecule has 1 N–H and O–H groups in total. The maximum absolute atomic E-state index is 13.4. The topological polar surface area (TPSA) is 105 Å². The number of rotatable bonds is 7. The van der Waals surface area contributed by atoms with Crippen molar-refractivity contribution in [2.75, 3.05) is 58.0 Å². The van der Waals surface area contributed by atoms with E-state index < -0.39 is 22.4 Å². The first-order valence-electron chi connectivity index (χ1n) is 12.1. The number of hydrogen-bond donors (Lipinski definition) is 1. The second kappa shape index (κ2) is 11.3. The van der Waals surface area contributed by atoms with Crippen molar-refractivity contribution in [1.82, 2.24) is 20.0 Å². The molecule has 2 aliphatic heterocycles. The van der Waals surface area contributed by atoms with Gasteiger partial charge in [0.05, 0.1) is 24.5 Å². The number of methoxy groups -OCH3 is 1. The second-order valence-electron chi connectivity index (χ2n) is 9.49. The largest absolute Gasteiger partial charge is 0.474 e. The van der Waals surface area contributed by atoms with E-state index in [0.717, 1.165) is 11.3 Å². The molecule has 2 saturated heterocycles. The number of halogens is 3. The minimum atomic E-state index is -4.29. The Morgan fingerprint density at radius 2 is 1.76 bits per heavy atom. The Labute approximate surface area is 213 Å². The number of H-pyrrole nitrogens is 1. The molecule has 0 spiro atoms. The first kappa shape index (κ1) is 27.2. The van der Waals surface area contributed by atoms with E-state index in [4.69, 9.17) is 9.47 Å². The monoisotopic (exact) mass is 544 g/mol. The Kier molecular flexibility index (Phi) is 8.32. The van der Waals surface area contributed by atoms with Crippen LogP contribution in [0.25, 0.3) is 0 Å². The van der Waals surface area contributed by atoms with Gasteiger partial charge in [-0.15, -0.1) is 5.10 Å². The van der Waals surface area contributed by atoms with Gasteiger partial charge >= 0.3 is 12.2 Å². The number of benzene rings is 1. The Morgan fingerprint density at radius 1 is 1.08 bits per heavy atom. The standard InChI is InChI=1S/C24H31F3N4O5S/c1-35-8-9-36-22-13-21(28-29-22)20-12-19(18-4-2-17(3-5-18)14-24(25,26)27)15-31(16-20)23(32)30-6-10-37(33,34)11-7-30/h2-5,13,19-20H,6-12,14-16H2,1H3,(H,28,29). The Morgan fingerprint density at radius 3 is 2.41 bits per heavy atom. The summed E-state index contributed by atoms with van der Waals surface area (Å²) in [6.07, 6.45) is -4.63. The van der Waals surface area contributed by atoms with E-state index in [0.29, 0.717) is 38.6 Å². The summed E-state index contributed by atoms with van der Waals surface area (Å²) in [7, 11) is -1.57. The van der Waals surface area contributed by atoms with Crippen molar-refractivity contribution in [2.45, 2.75) is 30.9 Å². The molecule has 13 heteroatoms. The molecule has 2 atom stereocenters. The molecule has 2 unspecified atom stereocenters. The third kappa shape index (κ3) is 7.37. The van der Waals surface area contributed by atoms with Crippen LogP contribution >= 0.6 is 0 Å². The number of piperidine rings is 1. The zero-order valence-electron chi connectivity index (χ0n) is 20.5. The molecule has 0 radical (unpaired) electrons. The van der Waals surface area contributed by atoms with Gasteiger partial charge in [-0.3, -0.25) is 5.10 Å². The summed E-state index contributed by atoms with van der Waals surface area (Å²) < 4.78 is 72.6. The van der Waals surface area contributed by atoms with Crippen LogP contribution in [-0.4, -0.2) is 98.6 Å². The molecule has 0 bridgehead atoms. The van der Waals surface area contributed by atoms with Crippen LogP contribution in [0.5, 0.6) is 5.88 Å². The number of amides is 2.